The van der Waals surface area contributed by atoms with Gasteiger partial charge in [-0.15, -0.1) is 0 Å². The first-order valence-corrected chi connectivity index (χ1v) is 8.81. The normalized spacial score (nSPS) is 11.9. The molecule has 2 aromatic carbocycles. The van der Waals surface area contributed by atoms with E-state index in [-0.39, 0.29) is 0 Å². The molecule has 28 heavy (non-hydrogen) atoms. The zero-order valence-electron chi connectivity index (χ0n) is 16.7. The van der Waals surface area contributed by atoms with Gasteiger partial charge in [0, 0.05) is 11.8 Å². The summed E-state index contributed by atoms with van der Waals surface area (Å²) in [7, 11) is 3.05. The zero-order valence-corrected chi connectivity index (χ0v) is 16.7. The zero-order chi connectivity index (χ0) is 20.7. The Morgan fingerprint density at radius 2 is 1.57 bits per heavy atom. The summed E-state index contributed by atoms with van der Waals surface area (Å²) in [4.78, 5) is 25.1. The molecule has 7 nitrogen and oxygen atoms in total. The van der Waals surface area contributed by atoms with Gasteiger partial charge in [-0.3, -0.25) is 4.79 Å². The average Bonchev–Trinajstić information content (AvgIpc) is 2.65. The van der Waals surface area contributed by atoms with Crippen LogP contribution in [0.2, 0.25) is 0 Å². The largest absolute Gasteiger partial charge is 0.493 e. The van der Waals surface area contributed by atoms with Crippen LogP contribution in [0.25, 0.3) is 0 Å². The first-order chi connectivity index (χ1) is 13.2. The summed E-state index contributed by atoms with van der Waals surface area (Å²) in [6, 6.07) is 13.0. The van der Waals surface area contributed by atoms with Gasteiger partial charge in [-0.2, -0.15) is 0 Å². The van der Waals surface area contributed by atoms with Crippen molar-refractivity contribution in [3.05, 3.63) is 54.1 Å². The third-order valence-electron chi connectivity index (χ3n) is 3.71. The number of anilines is 1. The van der Waals surface area contributed by atoms with Gasteiger partial charge in [-0.1, -0.05) is 30.3 Å². The standard InChI is InChI=1S/C21H26N2O5/c1-21(2,3)28-20(25)23-18(14-9-7-6-8-10-14)19(24)22-15-11-12-16(26-4)17(13-15)27-5/h6-13,18H,1-5H3,(H,22,24)(H,23,25). The fraction of sp³-hybridized carbons (Fsp3) is 0.333. The fourth-order valence-corrected chi connectivity index (χ4v) is 2.50. The Morgan fingerprint density at radius 3 is 2.14 bits per heavy atom. The molecule has 0 spiro atoms. The highest BCUT2D eigenvalue weighted by Gasteiger charge is 2.26. The molecule has 0 fully saturated rings. The molecule has 7 heteroatoms. The predicted octanol–water partition coefficient (Wildman–Crippen LogP) is 3.91. The van der Waals surface area contributed by atoms with Crippen LogP contribution in [0.15, 0.2) is 48.5 Å². The Kier molecular flexibility index (Phi) is 6.87. The van der Waals surface area contributed by atoms with Gasteiger partial charge >= 0.3 is 6.09 Å². The molecule has 2 N–H and O–H groups in total. The van der Waals surface area contributed by atoms with Crippen LogP contribution < -0.4 is 20.1 Å². The average molecular weight is 386 g/mol. The number of hydrogen-bond donors (Lipinski definition) is 2. The first-order valence-electron chi connectivity index (χ1n) is 8.81. The van der Waals surface area contributed by atoms with E-state index >= 15 is 0 Å². The molecule has 2 aromatic rings. The van der Waals surface area contributed by atoms with Crippen molar-refractivity contribution in [3.8, 4) is 11.5 Å². The van der Waals surface area contributed by atoms with E-state index in [4.69, 9.17) is 14.2 Å². The van der Waals surface area contributed by atoms with Crippen LogP contribution in [0, 0.1) is 0 Å². The van der Waals surface area contributed by atoms with Crippen molar-refractivity contribution in [2.24, 2.45) is 0 Å². The van der Waals surface area contributed by atoms with Crippen LogP contribution in [-0.4, -0.2) is 31.8 Å². The molecule has 0 saturated carbocycles. The third-order valence-corrected chi connectivity index (χ3v) is 3.71. The second kappa shape index (κ2) is 9.12. The van der Waals surface area contributed by atoms with Crippen LogP contribution >= 0.6 is 0 Å². The van der Waals surface area contributed by atoms with Crippen molar-refractivity contribution >= 4 is 17.7 Å². The van der Waals surface area contributed by atoms with Crippen molar-refractivity contribution in [1.29, 1.82) is 0 Å². The molecule has 0 saturated heterocycles. The fourth-order valence-electron chi connectivity index (χ4n) is 2.50. The lowest BCUT2D eigenvalue weighted by molar-refractivity contribution is -0.118. The molecule has 0 aliphatic carbocycles. The van der Waals surface area contributed by atoms with Gasteiger partial charge in [0.2, 0.25) is 0 Å². The molecule has 0 heterocycles. The molecule has 2 rings (SSSR count). The van der Waals surface area contributed by atoms with Crippen LogP contribution in [0.4, 0.5) is 10.5 Å². The number of hydrogen-bond acceptors (Lipinski definition) is 5. The molecule has 0 aromatic heterocycles. The second-order valence-corrected chi connectivity index (χ2v) is 7.05. The Bertz CT molecular complexity index is 815. The van der Waals surface area contributed by atoms with Crippen molar-refractivity contribution < 1.29 is 23.8 Å². The summed E-state index contributed by atoms with van der Waals surface area (Å²) in [6.45, 7) is 5.27. The van der Waals surface area contributed by atoms with E-state index in [9.17, 15) is 9.59 Å². The van der Waals surface area contributed by atoms with E-state index in [2.05, 4.69) is 10.6 Å². The number of carbonyl (C=O) groups excluding carboxylic acids is 2. The van der Waals surface area contributed by atoms with E-state index in [0.717, 1.165) is 0 Å². The van der Waals surface area contributed by atoms with E-state index in [0.29, 0.717) is 22.7 Å². The summed E-state index contributed by atoms with van der Waals surface area (Å²) < 4.78 is 15.7. The minimum absolute atomic E-state index is 0.413. The minimum Gasteiger partial charge on any atom is -0.493 e. The molecule has 0 bridgehead atoms. The van der Waals surface area contributed by atoms with Crippen molar-refractivity contribution in [2.45, 2.75) is 32.4 Å². The van der Waals surface area contributed by atoms with E-state index in [1.54, 1.807) is 63.2 Å². The van der Waals surface area contributed by atoms with E-state index in [1.807, 2.05) is 6.07 Å². The SMILES string of the molecule is COc1ccc(NC(=O)C(NC(=O)OC(C)(C)C)c2ccccc2)cc1OC. The Hall–Kier alpha value is -3.22. The molecular formula is C21H26N2O5. The van der Waals surface area contributed by atoms with Crippen LogP contribution in [0.3, 0.4) is 0 Å². The molecule has 150 valence electrons. The number of nitrogens with one attached hydrogen (secondary N) is 2. The highest BCUT2D eigenvalue weighted by atomic mass is 16.6. The first kappa shape index (κ1) is 21.1. The molecule has 0 radical (unpaired) electrons. The molecule has 0 aliphatic rings. The molecule has 1 unspecified atom stereocenters. The number of ether oxygens (including phenoxy) is 3. The van der Waals surface area contributed by atoms with Gasteiger partial charge in [0.1, 0.15) is 11.6 Å². The van der Waals surface area contributed by atoms with Crippen LogP contribution in [0.5, 0.6) is 11.5 Å². The molecular weight excluding hydrogens is 360 g/mol. The number of benzene rings is 2. The van der Waals surface area contributed by atoms with E-state index in [1.165, 1.54) is 14.2 Å². The maximum absolute atomic E-state index is 12.9. The Morgan fingerprint density at radius 1 is 0.929 bits per heavy atom. The topological polar surface area (TPSA) is 85.9 Å². The lowest BCUT2D eigenvalue weighted by Gasteiger charge is -2.23. The lowest BCUT2D eigenvalue weighted by Crippen LogP contribution is -2.40. The van der Waals surface area contributed by atoms with Crippen LogP contribution in [0.1, 0.15) is 32.4 Å². The number of rotatable bonds is 6. The highest BCUT2D eigenvalue weighted by molar-refractivity contribution is 5.97. The van der Waals surface area contributed by atoms with E-state index < -0.39 is 23.6 Å². The number of alkyl carbamates (subject to hydrolysis) is 1. The van der Waals surface area contributed by atoms with Gasteiger partial charge in [0.25, 0.3) is 5.91 Å². The lowest BCUT2D eigenvalue weighted by atomic mass is 10.1. The summed E-state index contributed by atoms with van der Waals surface area (Å²) in [5.41, 5.74) is 0.464. The number of methoxy groups -OCH3 is 2. The van der Waals surface area contributed by atoms with Crippen LogP contribution in [-0.2, 0) is 9.53 Å². The summed E-state index contributed by atoms with van der Waals surface area (Å²) in [5.74, 6) is 0.618. The van der Waals surface area contributed by atoms with Gasteiger partial charge in [0.15, 0.2) is 11.5 Å². The number of amides is 2. The molecule has 1 atom stereocenters. The van der Waals surface area contributed by atoms with Gasteiger partial charge in [-0.25, -0.2) is 4.79 Å². The highest BCUT2D eigenvalue weighted by Crippen LogP contribution is 2.30. The second-order valence-electron chi connectivity index (χ2n) is 7.05. The maximum Gasteiger partial charge on any atom is 0.408 e. The monoisotopic (exact) mass is 386 g/mol. The van der Waals surface area contributed by atoms with Gasteiger partial charge in [-0.05, 0) is 38.5 Å². The predicted molar refractivity (Wildman–Crippen MR) is 107 cm³/mol. The van der Waals surface area contributed by atoms with Gasteiger partial charge in [0.05, 0.1) is 14.2 Å². The summed E-state index contributed by atoms with van der Waals surface area (Å²) in [6.07, 6.45) is -0.677. The smallest absolute Gasteiger partial charge is 0.408 e. The van der Waals surface area contributed by atoms with Crippen molar-refractivity contribution in [2.75, 3.05) is 19.5 Å². The van der Waals surface area contributed by atoms with Crippen molar-refractivity contribution in [1.82, 2.24) is 5.32 Å². The maximum atomic E-state index is 12.9. The molecule has 0 aliphatic heterocycles. The minimum atomic E-state index is -0.927. The summed E-state index contributed by atoms with van der Waals surface area (Å²) in [5, 5.41) is 5.42. The van der Waals surface area contributed by atoms with Crippen molar-refractivity contribution in [3.63, 3.8) is 0 Å². The summed E-state index contributed by atoms with van der Waals surface area (Å²) >= 11 is 0. The molecule has 2 amide bonds. The quantitative estimate of drug-likeness (QED) is 0.786. The Balaban J connectivity index is 2.23. The third kappa shape index (κ3) is 5.90. The number of carbonyl (C=O) groups is 2. The van der Waals surface area contributed by atoms with Gasteiger partial charge < -0.3 is 24.8 Å². The Labute approximate surface area is 165 Å².